The predicted octanol–water partition coefficient (Wildman–Crippen LogP) is 3.05. The molecule has 0 bridgehead atoms. The summed E-state index contributed by atoms with van der Waals surface area (Å²) in [6.07, 6.45) is 4.93. The van der Waals surface area contributed by atoms with Gasteiger partial charge in [0.05, 0.1) is 23.3 Å². The SMILES string of the molecule is N#Cc1cc(Sc2cnccn2)nc2ccccc12. The van der Waals surface area contributed by atoms with Crippen LogP contribution in [-0.4, -0.2) is 15.0 Å². The number of benzene rings is 1. The van der Waals surface area contributed by atoms with Gasteiger partial charge in [-0.15, -0.1) is 0 Å². The fraction of sp³-hybridized carbons (Fsp3) is 0. The lowest BCUT2D eigenvalue weighted by atomic mass is 10.1. The Bertz CT molecular complexity index is 765. The first kappa shape index (κ1) is 11.6. The number of nitrogens with zero attached hydrogens (tertiary/aromatic N) is 4. The summed E-state index contributed by atoms with van der Waals surface area (Å²) in [7, 11) is 0. The van der Waals surface area contributed by atoms with Crippen molar-refractivity contribution < 1.29 is 0 Å². The molecule has 19 heavy (non-hydrogen) atoms. The summed E-state index contributed by atoms with van der Waals surface area (Å²) in [5.74, 6) is 0. The van der Waals surface area contributed by atoms with Crippen molar-refractivity contribution in [3.05, 3.63) is 54.5 Å². The molecule has 2 aromatic heterocycles. The van der Waals surface area contributed by atoms with E-state index in [0.717, 1.165) is 21.0 Å². The minimum Gasteiger partial charge on any atom is -0.260 e. The van der Waals surface area contributed by atoms with Crippen molar-refractivity contribution in [2.75, 3.05) is 0 Å². The number of pyridine rings is 1. The van der Waals surface area contributed by atoms with Crippen LogP contribution in [-0.2, 0) is 0 Å². The van der Waals surface area contributed by atoms with Gasteiger partial charge in [0.25, 0.3) is 0 Å². The lowest BCUT2D eigenvalue weighted by Gasteiger charge is -2.04. The average Bonchev–Trinajstić information content (AvgIpc) is 2.47. The molecule has 0 unspecified atom stereocenters. The van der Waals surface area contributed by atoms with Crippen molar-refractivity contribution in [3.8, 4) is 6.07 Å². The second kappa shape index (κ2) is 5.04. The molecule has 5 heteroatoms. The Kier molecular flexibility index (Phi) is 3.09. The van der Waals surface area contributed by atoms with Crippen molar-refractivity contribution in [2.45, 2.75) is 10.1 Å². The van der Waals surface area contributed by atoms with Crippen molar-refractivity contribution in [3.63, 3.8) is 0 Å². The molecule has 3 aromatic rings. The molecule has 0 amide bonds. The third-order valence-electron chi connectivity index (χ3n) is 2.56. The zero-order chi connectivity index (χ0) is 13.1. The van der Waals surface area contributed by atoms with Crippen LogP contribution < -0.4 is 0 Å². The molecule has 0 aliphatic rings. The van der Waals surface area contributed by atoms with Gasteiger partial charge in [0.2, 0.25) is 0 Å². The maximum Gasteiger partial charge on any atom is 0.121 e. The van der Waals surface area contributed by atoms with Gasteiger partial charge in [-0.05, 0) is 23.9 Å². The number of fused-ring (bicyclic) bond motifs is 1. The molecule has 0 atom stereocenters. The minimum absolute atomic E-state index is 0.622. The molecule has 3 rings (SSSR count). The Morgan fingerprint density at radius 1 is 1.11 bits per heavy atom. The van der Waals surface area contributed by atoms with Gasteiger partial charge in [-0.1, -0.05) is 18.2 Å². The highest BCUT2D eigenvalue weighted by atomic mass is 32.2. The van der Waals surface area contributed by atoms with E-state index in [-0.39, 0.29) is 0 Å². The lowest BCUT2D eigenvalue weighted by molar-refractivity contribution is 1.05. The van der Waals surface area contributed by atoms with Crippen LogP contribution in [0.25, 0.3) is 10.9 Å². The van der Waals surface area contributed by atoms with Crippen LogP contribution in [0, 0.1) is 11.3 Å². The summed E-state index contributed by atoms with van der Waals surface area (Å²) in [4.78, 5) is 12.7. The highest BCUT2D eigenvalue weighted by Gasteiger charge is 2.07. The Labute approximate surface area is 114 Å². The zero-order valence-corrected chi connectivity index (χ0v) is 10.6. The molecule has 90 valence electrons. The molecule has 0 fully saturated rings. The fourth-order valence-corrected chi connectivity index (χ4v) is 2.50. The summed E-state index contributed by atoms with van der Waals surface area (Å²) >= 11 is 1.40. The van der Waals surface area contributed by atoms with E-state index >= 15 is 0 Å². The van der Waals surface area contributed by atoms with Crippen LogP contribution in [0.2, 0.25) is 0 Å². The lowest BCUT2D eigenvalue weighted by Crippen LogP contribution is -1.88. The molecule has 0 saturated heterocycles. The van der Waals surface area contributed by atoms with Gasteiger partial charge in [-0.2, -0.15) is 5.26 Å². The van der Waals surface area contributed by atoms with Crippen molar-refractivity contribution in [1.82, 2.24) is 15.0 Å². The molecule has 0 saturated carbocycles. The van der Waals surface area contributed by atoms with Gasteiger partial charge in [-0.3, -0.25) is 4.98 Å². The largest absolute Gasteiger partial charge is 0.260 e. The highest BCUT2D eigenvalue weighted by Crippen LogP contribution is 2.27. The van der Waals surface area contributed by atoms with Crippen molar-refractivity contribution in [1.29, 1.82) is 5.26 Å². The van der Waals surface area contributed by atoms with Gasteiger partial charge < -0.3 is 0 Å². The van der Waals surface area contributed by atoms with E-state index in [1.165, 1.54) is 11.8 Å². The molecule has 0 aliphatic heterocycles. The first-order valence-electron chi connectivity index (χ1n) is 5.60. The van der Waals surface area contributed by atoms with Crippen LogP contribution in [0.5, 0.6) is 0 Å². The molecular formula is C14H8N4S. The monoisotopic (exact) mass is 264 g/mol. The third kappa shape index (κ3) is 2.39. The van der Waals surface area contributed by atoms with Crippen molar-refractivity contribution >= 4 is 22.7 Å². The standard InChI is InChI=1S/C14H8N4S/c15-8-10-7-13(19-14-9-16-5-6-17-14)18-12-4-2-1-3-11(10)12/h1-7,9H. The summed E-state index contributed by atoms with van der Waals surface area (Å²) < 4.78 is 0. The van der Waals surface area contributed by atoms with E-state index in [2.05, 4.69) is 21.0 Å². The number of para-hydroxylation sites is 1. The molecule has 2 heterocycles. The quantitative estimate of drug-likeness (QED) is 0.711. The molecule has 0 spiro atoms. The number of hydrogen-bond donors (Lipinski definition) is 0. The first-order chi connectivity index (χ1) is 9.36. The smallest absolute Gasteiger partial charge is 0.121 e. The zero-order valence-electron chi connectivity index (χ0n) is 9.82. The molecule has 1 aromatic carbocycles. The fourth-order valence-electron chi connectivity index (χ4n) is 1.74. The first-order valence-corrected chi connectivity index (χ1v) is 6.42. The Morgan fingerprint density at radius 3 is 2.79 bits per heavy atom. The molecular weight excluding hydrogens is 256 g/mol. The Morgan fingerprint density at radius 2 is 2.00 bits per heavy atom. The number of nitriles is 1. The third-order valence-corrected chi connectivity index (χ3v) is 3.40. The average molecular weight is 264 g/mol. The summed E-state index contributed by atoms with van der Waals surface area (Å²) in [5.41, 5.74) is 1.44. The van der Waals surface area contributed by atoms with E-state index in [9.17, 15) is 5.26 Å². The Hall–Kier alpha value is -2.45. The maximum absolute atomic E-state index is 9.21. The Balaban J connectivity index is 2.08. The summed E-state index contributed by atoms with van der Waals surface area (Å²) in [6, 6.07) is 11.6. The number of hydrogen-bond acceptors (Lipinski definition) is 5. The van der Waals surface area contributed by atoms with E-state index in [4.69, 9.17) is 0 Å². The van der Waals surface area contributed by atoms with Gasteiger partial charge >= 0.3 is 0 Å². The molecule has 0 N–H and O–H groups in total. The van der Waals surface area contributed by atoms with Crippen LogP contribution in [0.3, 0.4) is 0 Å². The summed E-state index contributed by atoms with van der Waals surface area (Å²) in [5, 5.41) is 11.6. The second-order valence-corrected chi connectivity index (χ2v) is 4.82. The predicted molar refractivity (Wildman–Crippen MR) is 72.6 cm³/mol. The molecule has 0 radical (unpaired) electrons. The van der Waals surface area contributed by atoms with E-state index in [0.29, 0.717) is 5.56 Å². The van der Waals surface area contributed by atoms with Gasteiger partial charge in [-0.25, -0.2) is 9.97 Å². The van der Waals surface area contributed by atoms with Gasteiger partial charge in [0, 0.05) is 17.8 Å². The van der Waals surface area contributed by atoms with Gasteiger partial charge in [0.1, 0.15) is 10.1 Å². The van der Waals surface area contributed by atoms with Crippen LogP contribution in [0.4, 0.5) is 0 Å². The van der Waals surface area contributed by atoms with E-state index < -0.39 is 0 Å². The van der Waals surface area contributed by atoms with E-state index in [1.54, 1.807) is 24.7 Å². The topological polar surface area (TPSA) is 62.5 Å². The van der Waals surface area contributed by atoms with Crippen molar-refractivity contribution in [2.24, 2.45) is 0 Å². The highest BCUT2D eigenvalue weighted by molar-refractivity contribution is 7.99. The molecule has 4 nitrogen and oxygen atoms in total. The van der Waals surface area contributed by atoms with Gasteiger partial charge in [0.15, 0.2) is 0 Å². The number of aromatic nitrogens is 3. The van der Waals surface area contributed by atoms with Crippen LogP contribution in [0.15, 0.2) is 59.0 Å². The maximum atomic E-state index is 9.21. The van der Waals surface area contributed by atoms with E-state index in [1.807, 2.05) is 24.3 Å². The van der Waals surface area contributed by atoms with Crippen LogP contribution >= 0.6 is 11.8 Å². The normalized spacial score (nSPS) is 10.3. The minimum atomic E-state index is 0.622. The van der Waals surface area contributed by atoms with Crippen LogP contribution in [0.1, 0.15) is 5.56 Å². The number of rotatable bonds is 2. The second-order valence-electron chi connectivity index (χ2n) is 3.78. The molecule has 0 aliphatic carbocycles. The summed E-state index contributed by atoms with van der Waals surface area (Å²) in [6.45, 7) is 0.